The van der Waals surface area contributed by atoms with Crippen molar-refractivity contribution in [3.05, 3.63) is 59.5 Å². The Hall–Kier alpha value is -2.67. The van der Waals surface area contributed by atoms with E-state index in [1.807, 2.05) is 0 Å². The van der Waals surface area contributed by atoms with Crippen LogP contribution < -0.4 is 0 Å². The van der Waals surface area contributed by atoms with Crippen LogP contribution in [0.15, 0.2) is 47.0 Å². The van der Waals surface area contributed by atoms with E-state index in [9.17, 15) is 18.0 Å². The van der Waals surface area contributed by atoms with Gasteiger partial charge in [-0.05, 0) is 40.9 Å². The van der Waals surface area contributed by atoms with Crippen molar-refractivity contribution in [3.63, 3.8) is 0 Å². The van der Waals surface area contributed by atoms with Crippen molar-refractivity contribution in [1.82, 2.24) is 10.1 Å². The molecule has 0 N–H and O–H groups in total. The minimum atomic E-state index is -4.58. The van der Waals surface area contributed by atoms with Crippen molar-refractivity contribution >= 4 is 16.8 Å². The molecule has 3 rings (SSSR count). The first-order valence-electron chi connectivity index (χ1n) is 7.08. The standard InChI is InChI=1S/C17H10ClF3N2O2/c1-9-22-16(23-25-9)12-6-7-13(14(8-12)17(19,20)21)10-2-4-11(5-3-10)15(18)24/h2-8H,1H3. The van der Waals surface area contributed by atoms with E-state index >= 15 is 0 Å². The minimum absolute atomic E-state index is 0.0231. The lowest BCUT2D eigenvalue weighted by molar-refractivity contribution is -0.137. The Morgan fingerprint density at radius 3 is 2.24 bits per heavy atom. The Bertz CT molecular complexity index is 934. The van der Waals surface area contributed by atoms with Gasteiger partial charge in [0.05, 0.1) is 5.56 Å². The third kappa shape index (κ3) is 3.56. The zero-order valence-corrected chi connectivity index (χ0v) is 13.5. The third-order valence-corrected chi connectivity index (χ3v) is 3.75. The van der Waals surface area contributed by atoms with Crippen molar-refractivity contribution in [2.24, 2.45) is 0 Å². The molecule has 0 spiro atoms. The van der Waals surface area contributed by atoms with E-state index in [0.29, 0.717) is 5.56 Å². The number of halogens is 4. The number of rotatable bonds is 3. The largest absolute Gasteiger partial charge is 0.417 e. The number of alkyl halides is 3. The van der Waals surface area contributed by atoms with Crippen LogP contribution in [0.2, 0.25) is 0 Å². The van der Waals surface area contributed by atoms with Gasteiger partial charge < -0.3 is 4.52 Å². The highest BCUT2D eigenvalue weighted by atomic mass is 35.5. The molecule has 0 radical (unpaired) electrons. The van der Waals surface area contributed by atoms with Gasteiger partial charge in [-0.15, -0.1) is 0 Å². The maximum Gasteiger partial charge on any atom is 0.417 e. The number of hydrogen-bond acceptors (Lipinski definition) is 4. The van der Waals surface area contributed by atoms with Crippen LogP contribution >= 0.6 is 11.6 Å². The molecule has 25 heavy (non-hydrogen) atoms. The summed E-state index contributed by atoms with van der Waals surface area (Å²) in [6, 6.07) is 9.37. The number of aryl methyl sites for hydroxylation is 1. The Morgan fingerprint density at radius 1 is 1.08 bits per heavy atom. The van der Waals surface area contributed by atoms with Crippen LogP contribution in [0.3, 0.4) is 0 Å². The maximum atomic E-state index is 13.5. The molecular formula is C17H10ClF3N2O2. The highest BCUT2D eigenvalue weighted by Gasteiger charge is 2.34. The van der Waals surface area contributed by atoms with Crippen molar-refractivity contribution in [1.29, 1.82) is 0 Å². The van der Waals surface area contributed by atoms with E-state index in [0.717, 1.165) is 6.07 Å². The first kappa shape index (κ1) is 17.2. The summed E-state index contributed by atoms with van der Waals surface area (Å²) in [7, 11) is 0. The van der Waals surface area contributed by atoms with Gasteiger partial charge in [-0.2, -0.15) is 18.2 Å². The molecule has 0 aliphatic carbocycles. The van der Waals surface area contributed by atoms with Gasteiger partial charge in [-0.3, -0.25) is 4.79 Å². The van der Waals surface area contributed by atoms with E-state index in [1.165, 1.54) is 36.4 Å². The van der Waals surface area contributed by atoms with E-state index in [1.54, 1.807) is 6.92 Å². The molecule has 1 heterocycles. The summed E-state index contributed by atoms with van der Waals surface area (Å²) < 4.78 is 45.3. The first-order valence-corrected chi connectivity index (χ1v) is 7.45. The fraction of sp³-hybridized carbons (Fsp3) is 0.118. The predicted molar refractivity (Wildman–Crippen MR) is 85.1 cm³/mol. The van der Waals surface area contributed by atoms with Crippen LogP contribution in [0.25, 0.3) is 22.5 Å². The summed E-state index contributed by atoms with van der Waals surface area (Å²) in [4.78, 5) is 15.0. The normalized spacial score (nSPS) is 11.6. The van der Waals surface area contributed by atoms with Gasteiger partial charge in [0.25, 0.3) is 5.24 Å². The maximum absolute atomic E-state index is 13.5. The molecule has 0 atom stereocenters. The Labute approximate surface area is 145 Å². The quantitative estimate of drug-likeness (QED) is 0.604. The molecule has 2 aromatic carbocycles. The molecule has 0 saturated heterocycles. The van der Waals surface area contributed by atoms with Crippen LogP contribution in [0.4, 0.5) is 13.2 Å². The molecule has 1 aromatic heterocycles. The monoisotopic (exact) mass is 366 g/mol. The number of aromatic nitrogens is 2. The molecule has 0 amide bonds. The summed E-state index contributed by atoms with van der Waals surface area (Å²) in [6.45, 7) is 1.55. The van der Waals surface area contributed by atoms with E-state index < -0.39 is 17.0 Å². The molecular weight excluding hydrogens is 357 g/mol. The number of carbonyl (C=O) groups is 1. The SMILES string of the molecule is Cc1nc(-c2ccc(-c3ccc(C(=O)Cl)cc3)c(C(F)(F)F)c2)no1. The Kier molecular flexibility index (Phi) is 4.34. The third-order valence-electron chi connectivity index (χ3n) is 3.53. The van der Waals surface area contributed by atoms with E-state index in [4.69, 9.17) is 16.1 Å². The molecule has 0 saturated carbocycles. The average molecular weight is 367 g/mol. The van der Waals surface area contributed by atoms with Crippen molar-refractivity contribution in [2.45, 2.75) is 13.1 Å². The summed E-state index contributed by atoms with van der Waals surface area (Å²) in [5.74, 6) is 0.339. The molecule has 0 bridgehead atoms. The summed E-state index contributed by atoms with van der Waals surface area (Å²) in [5.41, 5.74) is -0.148. The lowest BCUT2D eigenvalue weighted by Gasteiger charge is -2.14. The van der Waals surface area contributed by atoms with Crippen LogP contribution in [0.1, 0.15) is 21.8 Å². The molecule has 4 nitrogen and oxygen atoms in total. The van der Waals surface area contributed by atoms with Crippen LogP contribution in [0.5, 0.6) is 0 Å². The van der Waals surface area contributed by atoms with Gasteiger partial charge in [-0.25, -0.2) is 0 Å². The van der Waals surface area contributed by atoms with Crippen molar-refractivity contribution < 1.29 is 22.5 Å². The van der Waals surface area contributed by atoms with Gasteiger partial charge in [0.1, 0.15) is 0 Å². The Balaban J connectivity index is 2.11. The molecule has 0 fully saturated rings. The first-order chi connectivity index (χ1) is 11.8. The molecule has 0 aliphatic rings. The lowest BCUT2D eigenvalue weighted by atomic mass is 9.96. The van der Waals surface area contributed by atoms with Gasteiger partial charge in [0, 0.05) is 18.1 Å². The second-order valence-electron chi connectivity index (χ2n) is 5.25. The molecule has 128 valence electrons. The number of carbonyl (C=O) groups excluding carboxylic acids is 1. The fourth-order valence-corrected chi connectivity index (χ4v) is 2.49. The molecule has 3 aromatic rings. The molecule has 8 heteroatoms. The van der Waals surface area contributed by atoms with Gasteiger partial charge in [0.2, 0.25) is 11.7 Å². The topological polar surface area (TPSA) is 56.0 Å². The zero-order valence-electron chi connectivity index (χ0n) is 12.8. The second-order valence-corrected chi connectivity index (χ2v) is 5.59. The van der Waals surface area contributed by atoms with E-state index in [2.05, 4.69) is 10.1 Å². The number of nitrogens with zero attached hydrogens (tertiary/aromatic N) is 2. The van der Waals surface area contributed by atoms with E-state index in [-0.39, 0.29) is 28.4 Å². The summed E-state index contributed by atoms with van der Waals surface area (Å²) in [6.07, 6.45) is -4.58. The van der Waals surface area contributed by atoms with Gasteiger partial charge >= 0.3 is 6.18 Å². The number of benzene rings is 2. The number of hydrogen-bond donors (Lipinski definition) is 0. The summed E-state index contributed by atoms with van der Waals surface area (Å²) in [5, 5.41) is 2.96. The Morgan fingerprint density at radius 2 is 1.72 bits per heavy atom. The highest BCUT2D eigenvalue weighted by Crippen LogP contribution is 2.39. The summed E-state index contributed by atoms with van der Waals surface area (Å²) >= 11 is 5.35. The van der Waals surface area contributed by atoms with Crippen LogP contribution in [0, 0.1) is 6.92 Å². The minimum Gasteiger partial charge on any atom is -0.339 e. The smallest absolute Gasteiger partial charge is 0.339 e. The second kappa shape index (κ2) is 6.33. The highest BCUT2D eigenvalue weighted by molar-refractivity contribution is 6.67. The van der Waals surface area contributed by atoms with Gasteiger partial charge in [0.15, 0.2) is 0 Å². The van der Waals surface area contributed by atoms with Crippen molar-refractivity contribution in [2.75, 3.05) is 0 Å². The fourth-order valence-electron chi connectivity index (χ4n) is 2.37. The lowest BCUT2D eigenvalue weighted by Crippen LogP contribution is -2.07. The van der Waals surface area contributed by atoms with Gasteiger partial charge in [-0.1, -0.05) is 29.4 Å². The predicted octanol–water partition coefficient (Wildman–Crippen LogP) is 5.11. The van der Waals surface area contributed by atoms with Crippen LogP contribution in [-0.2, 0) is 6.18 Å². The zero-order chi connectivity index (χ0) is 18.2. The average Bonchev–Trinajstić information content (AvgIpc) is 3.00. The van der Waals surface area contributed by atoms with Crippen LogP contribution in [-0.4, -0.2) is 15.4 Å². The van der Waals surface area contributed by atoms with Crippen molar-refractivity contribution in [3.8, 4) is 22.5 Å². The molecule has 0 aliphatic heterocycles. The molecule has 0 unspecified atom stereocenters.